The summed E-state index contributed by atoms with van der Waals surface area (Å²) >= 11 is 0. The Kier molecular flexibility index (Phi) is 4.70. The van der Waals surface area contributed by atoms with Gasteiger partial charge in [-0.1, -0.05) is 0 Å². The van der Waals surface area contributed by atoms with Crippen molar-refractivity contribution in [3.05, 3.63) is 17.5 Å². The van der Waals surface area contributed by atoms with E-state index in [-0.39, 0.29) is 4.90 Å². The van der Waals surface area contributed by atoms with Crippen LogP contribution in [0.3, 0.4) is 0 Å². The highest BCUT2D eigenvalue weighted by atomic mass is 16.9. The maximum atomic E-state index is 10.7. The summed E-state index contributed by atoms with van der Waals surface area (Å²) in [5.74, 6) is -1.99. The Hall–Kier alpha value is -2.05. The molecule has 0 aliphatic heterocycles. The van der Waals surface area contributed by atoms with Crippen molar-refractivity contribution in [3.63, 3.8) is 0 Å². The summed E-state index contributed by atoms with van der Waals surface area (Å²) in [5, 5.41) is 20.5. The zero-order valence-corrected chi connectivity index (χ0v) is 6.76. The molecule has 0 bridgehead atoms. The second-order valence-corrected chi connectivity index (χ2v) is 1.78. The molecule has 13 heavy (non-hydrogen) atoms. The third kappa shape index (κ3) is 6.35. The first kappa shape index (κ1) is 11.0. The highest BCUT2D eigenvalue weighted by Crippen LogP contribution is 1.70. The number of carboxylic acids is 1. The van der Waals surface area contributed by atoms with Gasteiger partial charge in [-0.05, 0) is 0 Å². The fraction of sp³-hybridized carbons (Fsp3) is 0.167. The molecule has 7 heteroatoms. The summed E-state index contributed by atoms with van der Waals surface area (Å²) < 4.78 is 0. The molecule has 0 spiro atoms. The monoisotopic (exact) mass is 188 g/mol. The predicted molar refractivity (Wildman–Crippen MR) is 41.6 cm³/mol. The van der Waals surface area contributed by atoms with Crippen LogP contribution in [0, 0.1) is 5.21 Å². The maximum Gasteiger partial charge on any atom is 0.329 e. The third-order valence-electron chi connectivity index (χ3n) is 0.854. The molecule has 1 amide bonds. The molecule has 0 atom stereocenters. The van der Waals surface area contributed by atoms with Gasteiger partial charge in [0, 0.05) is 24.3 Å². The summed E-state index contributed by atoms with van der Waals surface area (Å²) in [6.07, 6.45) is 2.19. The first-order valence-corrected chi connectivity index (χ1v) is 3.11. The number of carbonyl (C=O) groups is 2. The Morgan fingerprint density at radius 2 is 2.23 bits per heavy atom. The van der Waals surface area contributed by atoms with E-state index in [2.05, 4.69) is 4.84 Å². The molecule has 0 aromatic rings. The maximum absolute atomic E-state index is 10.7. The second kappa shape index (κ2) is 5.58. The van der Waals surface area contributed by atoms with E-state index < -0.39 is 11.9 Å². The van der Waals surface area contributed by atoms with Crippen LogP contribution in [0.2, 0.25) is 0 Å². The number of carbonyl (C=O) groups excluding carboxylic acids is 1. The van der Waals surface area contributed by atoms with E-state index in [0.29, 0.717) is 12.3 Å². The van der Waals surface area contributed by atoms with Gasteiger partial charge in [-0.2, -0.15) is 0 Å². The molecule has 0 aromatic heterocycles. The zero-order chi connectivity index (χ0) is 10.3. The van der Waals surface area contributed by atoms with E-state index in [0.717, 1.165) is 13.3 Å². The number of amides is 1. The molecular weight excluding hydrogens is 180 g/mol. The molecule has 2 N–H and O–H groups in total. The van der Waals surface area contributed by atoms with Crippen LogP contribution in [-0.2, 0) is 14.4 Å². The lowest BCUT2D eigenvalue weighted by molar-refractivity contribution is -0.729. The molecule has 0 saturated carbocycles. The number of nitrogens with zero attached hydrogens (tertiary/aromatic N) is 1. The van der Waals surface area contributed by atoms with E-state index in [1.54, 1.807) is 0 Å². The number of hydrogen-bond acceptors (Lipinski definition) is 4. The van der Waals surface area contributed by atoms with Crippen LogP contribution in [0.25, 0.3) is 0 Å². The molecule has 0 rings (SSSR count). The van der Waals surface area contributed by atoms with Gasteiger partial charge < -0.3 is 15.3 Å². The van der Waals surface area contributed by atoms with Gasteiger partial charge in [-0.25, -0.2) is 4.79 Å². The van der Waals surface area contributed by atoms with Crippen LogP contribution in [0.4, 0.5) is 0 Å². The molecule has 0 aliphatic carbocycles. The third-order valence-corrected chi connectivity index (χ3v) is 0.854. The van der Waals surface area contributed by atoms with Crippen molar-refractivity contribution in [2.24, 2.45) is 0 Å². The minimum atomic E-state index is -1.20. The second-order valence-electron chi connectivity index (χ2n) is 1.78. The minimum Gasteiger partial charge on any atom is -0.478 e. The Bertz CT molecular complexity index is 258. The largest absolute Gasteiger partial charge is 0.478 e. The standard InChI is InChI=1S/C6H8N2O5/c1-13-8(12)4-5(9)7-3-2-6(10)11/h2-4H,1H3,(H,7,9)(H,10,11)/b3-2-,8-4+. The molecule has 7 nitrogen and oxygen atoms in total. The number of aliphatic carboxylic acids is 1. The molecule has 0 radical (unpaired) electrons. The molecular formula is C6H8N2O5. The highest BCUT2D eigenvalue weighted by Gasteiger charge is 2.00. The molecule has 0 heterocycles. The van der Waals surface area contributed by atoms with Gasteiger partial charge in [0.2, 0.25) is 0 Å². The molecule has 0 unspecified atom stereocenters. The van der Waals surface area contributed by atoms with E-state index in [4.69, 9.17) is 5.11 Å². The summed E-state index contributed by atoms with van der Waals surface area (Å²) in [6.45, 7) is 0. The van der Waals surface area contributed by atoms with Crippen molar-refractivity contribution in [1.82, 2.24) is 5.32 Å². The minimum absolute atomic E-state index is 0.0655. The van der Waals surface area contributed by atoms with E-state index in [1.165, 1.54) is 0 Å². The quantitative estimate of drug-likeness (QED) is 0.251. The lowest BCUT2D eigenvalue weighted by atomic mass is 10.6. The van der Waals surface area contributed by atoms with Gasteiger partial charge in [0.05, 0.1) is 0 Å². The lowest BCUT2D eigenvalue weighted by Crippen LogP contribution is -2.23. The van der Waals surface area contributed by atoms with E-state index in [9.17, 15) is 14.8 Å². The first-order valence-electron chi connectivity index (χ1n) is 3.11. The van der Waals surface area contributed by atoms with Crippen molar-refractivity contribution in [1.29, 1.82) is 0 Å². The zero-order valence-electron chi connectivity index (χ0n) is 6.76. The topological polar surface area (TPSA) is 102 Å². The summed E-state index contributed by atoms with van der Waals surface area (Å²) in [4.78, 5) is 24.6. The van der Waals surface area contributed by atoms with Crippen molar-refractivity contribution in [3.8, 4) is 0 Å². The van der Waals surface area contributed by atoms with Crippen molar-refractivity contribution in [2.75, 3.05) is 7.11 Å². The first-order chi connectivity index (χ1) is 6.06. The average molecular weight is 188 g/mol. The Balaban J connectivity index is 3.96. The van der Waals surface area contributed by atoms with Crippen LogP contribution < -0.4 is 5.32 Å². The smallest absolute Gasteiger partial charge is 0.329 e. The van der Waals surface area contributed by atoms with Gasteiger partial charge in [-0.15, -0.1) is 0 Å². The Labute approximate surface area is 73.5 Å². The lowest BCUT2D eigenvalue weighted by Gasteiger charge is -1.94. The molecule has 72 valence electrons. The fourth-order valence-electron chi connectivity index (χ4n) is 0.381. The van der Waals surface area contributed by atoms with Crippen LogP contribution in [0.15, 0.2) is 12.3 Å². The highest BCUT2D eigenvalue weighted by molar-refractivity contribution is 6.24. The number of hydrogen-bond donors (Lipinski definition) is 2. The normalized spacial score (nSPS) is 11.3. The average Bonchev–Trinajstić information content (AvgIpc) is 2.03. The van der Waals surface area contributed by atoms with E-state index >= 15 is 0 Å². The summed E-state index contributed by atoms with van der Waals surface area (Å²) in [5.41, 5.74) is 0. The van der Waals surface area contributed by atoms with Crippen molar-refractivity contribution < 1.29 is 24.4 Å². The Morgan fingerprint density at radius 3 is 2.69 bits per heavy atom. The number of rotatable bonds is 4. The van der Waals surface area contributed by atoms with Crippen molar-refractivity contribution >= 4 is 18.1 Å². The summed E-state index contributed by atoms with van der Waals surface area (Å²) in [7, 11) is 1.09. The fourth-order valence-corrected chi connectivity index (χ4v) is 0.381. The molecule has 0 aliphatic rings. The number of nitrogens with one attached hydrogen (secondary N) is 1. The van der Waals surface area contributed by atoms with Gasteiger partial charge in [0.25, 0.3) is 6.21 Å². The van der Waals surface area contributed by atoms with Gasteiger partial charge in [0.1, 0.15) is 0 Å². The van der Waals surface area contributed by atoms with Crippen LogP contribution >= 0.6 is 0 Å². The summed E-state index contributed by atoms with van der Waals surface area (Å²) in [6, 6.07) is 0. The van der Waals surface area contributed by atoms with Crippen LogP contribution in [-0.4, -0.2) is 35.2 Å². The van der Waals surface area contributed by atoms with Gasteiger partial charge in [0.15, 0.2) is 0 Å². The SMILES string of the molecule is CO/[N+]([O-])=C/C(=O)N/C=C\C(=O)O. The predicted octanol–water partition coefficient (Wildman–Crippen LogP) is -1.16. The number of carboxylic acid groups (broad SMARTS) is 1. The van der Waals surface area contributed by atoms with Crippen LogP contribution in [0.1, 0.15) is 0 Å². The van der Waals surface area contributed by atoms with Gasteiger partial charge >= 0.3 is 11.9 Å². The molecule has 0 aromatic carbocycles. The van der Waals surface area contributed by atoms with Crippen LogP contribution in [0.5, 0.6) is 0 Å². The molecule has 0 fully saturated rings. The Morgan fingerprint density at radius 1 is 1.62 bits per heavy atom. The molecule has 0 saturated heterocycles. The van der Waals surface area contributed by atoms with Crippen molar-refractivity contribution in [2.45, 2.75) is 0 Å². The van der Waals surface area contributed by atoms with Gasteiger partial charge in [-0.3, -0.25) is 10.0 Å². The van der Waals surface area contributed by atoms with E-state index in [1.807, 2.05) is 5.32 Å².